The molecule has 5 heteroatoms. The third-order valence-corrected chi connectivity index (χ3v) is 4.59. The summed E-state index contributed by atoms with van der Waals surface area (Å²) in [7, 11) is 3.92. The Labute approximate surface area is 165 Å². The van der Waals surface area contributed by atoms with Crippen LogP contribution in [0.25, 0.3) is 0 Å². The Morgan fingerprint density at radius 1 is 1.11 bits per heavy atom. The maximum absolute atomic E-state index is 12.7. The number of hydrogen-bond donors (Lipinski definition) is 0. The molecule has 146 valence electrons. The molecule has 0 aromatic heterocycles. The number of ketones is 2. The topological polar surface area (TPSA) is 55.8 Å². The molecule has 1 heterocycles. The second kappa shape index (κ2) is 8.85. The zero-order chi connectivity index (χ0) is 20.1. The zero-order valence-electron chi connectivity index (χ0n) is 16.3. The smallest absolute Gasteiger partial charge is 0.163 e. The molecule has 5 nitrogen and oxygen atoms in total. The maximum atomic E-state index is 12.7. The summed E-state index contributed by atoms with van der Waals surface area (Å²) in [6.07, 6.45) is 1.83. The molecule has 0 aliphatic carbocycles. The van der Waals surface area contributed by atoms with Gasteiger partial charge >= 0.3 is 0 Å². The van der Waals surface area contributed by atoms with E-state index in [1.165, 1.54) is 0 Å². The van der Waals surface area contributed by atoms with Gasteiger partial charge in [-0.1, -0.05) is 30.8 Å². The van der Waals surface area contributed by atoms with Crippen molar-refractivity contribution in [3.05, 3.63) is 71.8 Å². The summed E-state index contributed by atoms with van der Waals surface area (Å²) < 4.78 is 11.3. The number of ether oxygens (including phenoxy) is 2. The molecule has 0 bridgehead atoms. The van der Waals surface area contributed by atoms with Gasteiger partial charge in [0.15, 0.2) is 29.2 Å². The number of rotatable bonds is 8. The molecule has 2 aromatic rings. The fraction of sp³-hybridized carbons (Fsp3) is 0.304. The standard InChI is InChI=1S/C23H25NO4/c1-4-18-15-27-23-13-16(9-12-22(23)28-18)20(25)10-11-21(26)19-8-6-5-7-17(19)14-24(2)3/h4-9,12-13,18H,1,10-11,14-15H2,2-3H3. The summed E-state index contributed by atoms with van der Waals surface area (Å²) in [5, 5.41) is 0. The summed E-state index contributed by atoms with van der Waals surface area (Å²) in [5.41, 5.74) is 2.18. The minimum absolute atomic E-state index is 0.0165. The summed E-state index contributed by atoms with van der Waals surface area (Å²) >= 11 is 0. The number of Topliss-reactive ketones (excluding diaryl/α,β-unsaturated/α-hetero) is 2. The summed E-state index contributed by atoms with van der Waals surface area (Å²) in [5.74, 6) is 1.04. The molecule has 28 heavy (non-hydrogen) atoms. The van der Waals surface area contributed by atoms with Gasteiger partial charge in [0.1, 0.15) is 6.61 Å². The summed E-state index contributed by atoms with van der Waals surface area (Å²) in [6, 6.07) is 12.7. The molecule has 0 saturated heterocycles. The fourth-order valence-corrected chi connectivity index (χ4v) is 3.15. The Kier molecular flexibility index (Phi) is 6.26. The highest BCUT2D eigenvalue weighted by atomic mass is 16.6. The molecule has 1 unspecified atom stereocenters. The Balaban J connectivity index is 1.65. The van der Waals surface area contributed by atoms with E-state index in [1.807, 2.05) is 43.3 Å². The van der Waals surface area contributed by atoms with E-state index in [-0.39, 0.29) is 30.5 Å². The van der Waals surface area contributed by atoms with Crippen molar-refractivity contribution in [1.82, 2.24) is 4.90 Å². The average molecular weight is 379 g/mol. The van der Waals surface area contributed by atoms with E-state index < -0.39 is 0 Å². The Morgan fingerprint density at radius 2 is 1.86 bits per heavy atom. The lowest BCUT2D eigenvalue weighted by Gasteiger charge is -2.24. The number of carbonyl (C=O) groups excluding carboxylic acids is 2. The molecule has 0 N–H and O–H groups in total. The van der Waals surface area contributed by atoms with Gasteiger partial charge in [-0.2, -0.15) is 0 Å². The first-order valence-corrected chi connectivity index (χ1v) is 9.33. The van der Waals surface area contributed by atoms with E-state index >= 15 is 0 Å². The normalized spacial score (nSPS) is 15.3. The zero-order valence-corrected chi connectivity index (χ0v) is 16.3. The van der Waals surface area contributed by atoms with Crippen LogP contribution < -0.4 is 9.47 Å². The van der Waals surface area contributed by atoms with Crippen LogP contribution in [0.3, 0.4) is 0 Å². The highest BCUT2D eigenvalue weighted by molar-refractivity contribution is 6.03. The van der Waals surface area contributed by atoms with Crippen LogP contribution in [0, 0.1) is 0 Å². The molecule has 0 radical (unpaired) electrons. The molecular formula is C23H25NO4. The van der Waals surface area contributed by atoms with Crippen LogP contribution in [0.1, 0.15) is 39.1 Å². The first-order valence-electron chi connectivity index (χ1n) is 9.33. The van der Waals surface area contributed by atoms with Crippen LogP contribution in [-0.4, -0.2) is 43.3 Å². The Morgan fingerprint density at radius 3 is 2.61 bits per heavy atom. The summed E-state index contributed by atoms with van der Waals surface area (Å²) in [4.78, 5) is 27.3. The predicted octanol–water partition coefficient (Wildman–Crippen LogP) is 3.92. The highest BCUT2D eigenvalue weighted by Crippen LogP contribution is 2.33. The van der Waals surface area contributed by atoms with Gasteiger partial charge in [0.05, 0.1) is 0 Å². The third kappa shape index (κ3) is 4.67. The van der Waals surface area contributed by atoms with Crippen LogP contribution in [0.15, 0.2) is 55.1 Å². The van der Waals surface area contributed by atoms with Crippen molar-refractivity contribution in [3.8, 4) is 11.5 Å². The monoisotopic (exact) mass is 379 g/mol. The Bertz CT molecular complexity index is 888. The SMILES string of the molecule is C=CC1COc2cc(C(=O)CCC(=O)c3ccccc3CN(C)C)ccc2O1. The maximum Gasteiger partial charge on any atom is 0.163 e. The van der Waals surface area contributed by atoms with Crippen molar-refractivity contribution in [2.75, 3.05) is 20.7 Å². The predicted molar refractivity (Wildman–Crippen MR) is 108 cm³/mol. The van der Waals surface area contributed by atoms with Crippen molar-refractivity contribution in [2.24, 2.45) is 0 Å². The first kappa shape index (κ1) is 19.8. The number of hydrogen-bond acceptors (Lipinski definition) is 5. The molecule has 2 aromatic carbocycles. The molecule has 3 rings (SSSR count). The van der Waals surface area contributed by atoms with Crippen molar-refractivity contribution >= 4 is 11.6 Å². The van der Waals surface area contributed by atoms with Crippen molar-refractivity contribution in [2.45, 2.75) is 25.5 Å². The van der Waals surface area contributed by atoms with Crippen LogP contribution >= 0.6 is 0 Å². The number of nitrogens with zero attached hydrogens (tertiary/aromatic N) is 1. The molecular weight excluding hydrogens is 354 g/mol. The number of benzene rings is 2. The van der Waals surface area contributed by atoms with Gasteiger partial charge in [-0.3, -0.25) is 9.59 Å². The van der Waals surface area contributed by atoms with Crippen molar-refractivity contribution in [1.29, 1.82) is 0 Å². The van der Waals surface area contributed by atoms with Crippen LogP contribution in [0.4, 0.5) is 0 Å². The minimum Gasteiger partial charge on any atom is -0.485 e. The lowest BCUT2D eigenvalue weighted by molar-refractivity contribution is 0.0915. The molecule has 1 aliphatic rings. The van der Waals surface area contributed by atoms with Gasteiger partial charge in [-0.15, -0.1) is 0 Å². The largest absolute Gasteiger partial charge is 0.485 e. The Hall–Kier alpha value is -2.92. The fourth-order valence-electron chi connectivity index (χ4n) is 3.15. The van der Waals surface area contributed by atoms with Crippen molar-refractivity contribution < 1.29 is 19.1 Å². The van der Waals surface area contributed by atoms with Gasteiger partial charge in [-0.25, -0.2) is 0 Å². The molecule has 0 fully saturated rings. The van der Waals surface area contributed by atoms with Gasteiger partial charge < -0.3 is 14.4 Å². The average Bonchev–Trinajstić information content (AvgIpc) is 2.70. The van der Waals surface area contributed by atoms with Gasteiger partial charge in [0, 0.05) is 30.5 Å². The van der Waals surface area contributed by atoms with Gasteiger partial charge in [-0.05, 0) is 43.9 Å². The summed E-state index contributed by atoms with van der Waals surface area (Å²) in [6.45, 7) is 4.75. The van der Waals surface area contributed by atoms with E-state index in [9.17, 15) is 9.59 Å². The van der Waals surface area contributed by atoms with E-state index in [4.69, 9.17) is 9.47 Å². The molecule has 1 atom stereocenters. The van der Waals surface area contributed by atoms with E-state index in [0.29, 0.717) is 35.8 Å². The minimum atomic E-state index is -0.186. The third-order valence-electron chi connectivity index (χ3n) is 4.59. The van der Waals surface area contributed by atoms with Crippen molar-refractivity contribution in [3.63, 3.8) is 0 Å². The van der Waals surface area contributed by atoms with Crippen LogP contribution in [0.2, 0.25) is 0 Å². The lowest BCUT2D eigenvalue weighted by atomic mass is 9.97. The second-order valence-corrected chi connectivity index (χ2v) is 7.11. The molecule has 0 saturated carbocycles. The molecule has 1 aliphatic heterocycles. The quantitative estimate of drug-likeness (QED) is 0.514. The van der Waals surface area contributed by atoms with E-state index in [0.717, 1.165) is 5.56 Å². The van der Waals surface area contributed by atoms with Gasteiger partial charge in [0.25, 0.3) is 0 Å². The van der Waals surface area contributed by atoms with E-state index in [2.05, 4.69) is 6.58 Å². The number of fused-ring (bicyclic) bond motifs is 1. The molecule has 0 amide bonds. The van der Waals surface area contributed by atoms with Gasteiger partial charge in [0.2, 0.25) is 0 Å². The van der Waals surface area contributed by atoms with E-state index in [1.54, 1.807) is 24.3 Å². The van der Waals surface area contributed by atoms with Crippen LogP contribution in [-0.2, 0) is 6.54 Å². The second-order valence-electron chi connectivity index (χ2n) is 7.11. The molecule has 0 spiro atoms. The number of carbonyl (C=O) groups is 2. The lowest BCUT2D eigenvalue weighted by Crippen LogP contribution is -2.26. The first-order chi connectivity index (χ1) is 13.5. The highest BCUT2D eigenvalue weighted by Gasteiger charge is 2.21. The van der Waals surface area contributed by atoms with Crippen LogP contribution in [0.5, 0.6) is 11.5 Å².